The van der Waals surface area contributed by atoms with Gasteiger partial charge in [-0.3, -0.25) is 4.79 Å². The fraction of sp³-hybridized carbons (Fsp3) is 0.562. The van der Waals surface area contributed by atoms with E-state index in [4.69, 9.17) is 5.73 Å². The van der Waals surface area contributed by atoms with Crippen molar-refractivity contribution >= 4 is 5.91 Å². The first kappa shape index (κ1) is 14.9. The standard InChI is InChI=1S/C16H24N2O2/c1-15(2)13(17)16(3,4)14(15)18-12(20)9-10-7-5-6-8-11(10)19/h5-8,13-14,19H,9,17H2,1-4H3,(H,18,20). The number of carbonyl (C=O) groups excluding carboxylic acids is 1. The molecule has 1 amide bonds. The SMILES string of the molecule is CC1(C)C(N)C(C)(C)C1NC(=O)Cc1ccccc1O. The van der Waals surface area contributed by atoms with Gasteiger partial charge in [0.1, 0.15) is 5.75 Å². The van der Waals surface area contributed by atoms with E-state index in [0.29, 0.717) is 5.56 Å². The molecule has 2 rings (SSSR count). The minimum atomic E-state index is -0.113. The van der Waals surface area contributed by atoms with Crippen LogP contribution in [0.3, 0.4) is 0 Å². The lowest BCUT2D eigenvalue weighted by Crippen LogP contribution is -2.76. The van der Waals surface area contributed by atoms with Gasteiger partial charge in [0, 0.05) is 28.5 Å². The maximum Gasteiger partial charge on any atom is 0.224 e. The van der Waals surface area contributed by atoms with Crippen LogP contribution in [0.1, 0.15) is 33.3 Å². The Kier molecular flexibility index (Phi) is 3.54. The zero-order valence-corrected chi connectivity index (χ0v) is 12.6. The Balaban J connectivity index is 2.04. The Hall–Kier alpha value is -1.55. The lowest BCUT2D eigenvalue weighted by Gasteiger charge is -2.62. The van der Waals surface area contributed by atoms with Crippen LogP contribution in [-0.2, 0) is 11.2 Å². The van der Waals surface area contributed by atoms with Crippen molar-refractivity contribution in [3.63, 3.8) is 0 Å². The van der Waals surface area contributed by atoms with E-state index in [-0.39, 0.29) is 41.0 Å². The quantitative estimate of drug-likeness (QED) is 0.788. The van der Waals surface area contributed by atoms with Gasteiger partial charge in [-0.15, -0.1) is 0 Å². The predicted octanol–water partition coefficient (Wildman–Crippen LogP) is 1.81. The predicted molar refractivity (Wildman–Crippen MR) is 79.3 cm³/mol. The minimum Gasteiger partial charge on any atom is -0.508 e. The second-order valence-corrected chi connectivity index (χ2v) is 6.93. The maximum atomic E-state index is 12.2. The summed E-state index contributed by atoms with van der Waals surface area (Å²) in [5, 5.41) is 12.8. The van der Waals surface area contributed by atoms with E-state index < -0.39 is 0 Å². The number of rotatable bonds is 3. The van der Waals surface area contributed by atoms with Gasteiger partial charge in [0.15, 0.2) is 0 Å². The summed E-state index contributed by atoms with van der Waals surface area (Å²) in [5.41, 5.74) is 6.60. The highest BCUT2D eigenvalue weighted by Crippen LogP contribution is 2.52. The van der Waals surface area contributed by atoms with Crippen molar-refractivity contribution in [3.05, 3.63) is 29.8 Å². The fourth-order valence-corrected chi connectivity index (χ4v) is 3.60. The Morgan fingerprint density at radius 2 is 1.80 bits per heavy atom. The van der Waals surface area contributed by atoms with Crippen LogP contribution >= 0.6 is 0 Å². The first-order chi connectivity index (χ1) is 9.17. The second kappa shape index (κ2) is 4.77. The monoisotopic (exact) mass is 276 g/mol. The molecule has 0 saturated heterocycles. The van der Waals surface area contributed by atoms with Crippen LogP contribution in [0.15, 0.2) is 24.3 Å². The van der Waals surface area contributed by atoms with Crippen molar-refractivity contribution in [3.8, 4) is 5.75 Å². The molecule has 0 aromatic heterocycles. The highest BCUT2D eigenvalue weighted by molar-refractivity contribution is 5.80. The molecule has 0 heterocycles. The van der Waals surface area contributed by atoms with Crippen molar-refractivity contribution in [1.29, 1.82) is 0 Å². The summed E-state index contributed by atoms with van der Waals surface area (Å²) in [4.78, 5) is 12.2. The van der Waals surface area contributed by atoms with Crippen molar-refractivity contribution < 1.29 is 9.90 Å². The summed E-state index contributed by atoms with van der Waals surface area (Å²) >= 11 is 0. The topological polar surface area (TPSA) is 75.3 Å². The van der Waals surface area contributed by atoms with Gasteiger partial charge in [-0.2, -0.15) is 0 Å². The van der Waals surface area contributed by atoms with Crippen molar-refractivity contribution in [2.45, 2.75) is 46.2 Å². The van der Waals surface area contributed by atoms with Crippen molar-refractivity contribution in [2.75, 3.05) is 0 Å². The number of nitrogens with two attached hydrogens (primary N) is 1. The Labute approximate surface area is 120 Å². The first-order valence-electron chi connectivity index (χ1n) is 6.99. The van der Waals surface area contributed by atoms with E-state index in [9.17, 15) is 9.90 Å². The highest BCUT2D eigenvalue weighted by Gasteiger charge is 2.60. The molecule has 1 aromatic carbocycles. The molecule has 4 N–H and O–H groups in total. The molecular weight excluding hydrogens is 252 g/mol. The Bertz CT molecular complexity index is 507. The van der Waals surface area contributed by atoms with Crippen LogP contribution in [0.25, 0.3) is 0 Å². The van der Waals surface area contributed by atoms with Gasteiger partial charge in [-0.05, 0) is 6.07 Å². The lowest BCUT2D eigenvalue weighted by molar-refractivity contribution is -0.131. The third kappa shape index (κ3) is 2.29. The summed E-state index contributed by atoms with van der Waals surface area (Å²) in [5.74, 6) is 0.0797. The number of hydrogen-bond acceptors (Lipinski definition) is 3. The van der Waals surface area contributed by atoms with Crippen molar-refractivity contribution in [1.82, 2.24) is 5.32 Å². The molecule has 1 saturated carbocycles. The Morgan fingerprint density at radius 1 is 1.25 bits per heavy atom. The number of phenolic OH excluding ortho intramolecular Hbond substituents is 1. The van der Waals surface area contributed by atoms with Crippen LogP contribution in [0.4, 0.5) is 0 Å². The summed E-state index contributed by atoms with van der Waals surface area (Å²) in [6, 6.07) is 7.02. The zero-order chi connectivity index (χ0) is 15.1. The molecule has 0 bridgehead atoms. The zero-order valence-electron chi connectivity index (χ0n) is 12.6. The average Bonchev–Trinajstić information content (AvgIpc) is 2.37. The number of phenols is 1. The van der Waals surface area contributed by atoms with E-state index in [1.54, 1.807) is 18.2 Å². The molecule has 0 spiro atoms. The number of aromatic hydroxyl groups is 1. The van der Waals surface area contributed by atoms with E-state index in [1.807, 2.05) is 6.07 Å². The third-order valence-corrected chi connectivity index (χ3v) is 4.74. The largest absolute Gasteiger partial charge is 0.508 e. The Morgan fingerprint density at radius 3 is 2.35 bits per heavy atom. The molecule has 1 fully saturated rings. The summed E-state index contributed by atoms with van der Waals surface area (Å²) in [6.07, 6.45) is 0.185. The molecule has 4 heteroatoms. The van der Waals surface area contributed by atoms with E-state index in [0.717, 1.165) is 0 Å². The van der Waals surface area contributed by atoms with Gasteiger partial charge in [0.05, 0.1) is 6.42 Å². The lowest BCUT2D eigenvalue weighted by atomic mass is 9.48. The molecule has 1 aliphatic carbocycles. The van der Waals surface area contributed by atoms with Gasteiger partial charge in [0.2, 0.25) is 5.91 Å². The molecule has 4 nitrogen and oxygen atoms in total. The van der Waals surface area contributed by atoms with Gasteiger partial charge in [-0.25, -0.2) is 0 Å². The van der Waals surface area contributed by atoms with Crippen molar-refractivity contribution in [2.24, 2.45) is 16.6 Å². The van der Waals surface area contributed by atoms with E-state index in [1.165, 1.54) is 0 Å². The van der Waals surface area contributed by atoms with Crippen LogP contribution < -0.4 is 11.1 Å². The number of para-hydroxylation sites is 1. The van der Waals surface area contributed by atoms with Crippen LogP contribution in [0.2, 0.25) is 0 Å². The molecule has 0 unspecified atom stereocenters. The molecule has 0 atom stereocenters. The highest BCUT2D eigenvalue weighted by atomic mass is 16.3. The first-order valence-corrected chi connectivity index (χ1v) is 6.99. The number of nitrogens with one attached hydrogen (secondary N) is 1. The number of benzene rings is 1. The van der Waals surface area contributed by atoms with Gasteiger partial charge in [0.25, 0.3) is 0 Å². The number of amides is 1. The van der Waals surface area contributed by atoms with Gasteiger partial charge in [-0.1, -0.05) is 45.9 Å². The number of carbonyl (C=O) groups is 1. The van der Waals surface area contributed by atoms with Crippen LogP contribution in [0.5, 0.6) is 5.75 Å². The molecule has 1 aliphatic rings. The smallest absolute Gasteiger partial charge is 0.224 e. The normalized spacial score (nSPS) is 26.6. The van der Waals surface area contributed by atoms with Gasteiger partial charge >= 0.3 is 0 Å². The summed E-state index contributed by atoms with van der Waals surface area (Å²) in [6.45, 7) is 8.31. The van der Waals surface area contributed by atoms with Gasteiger partial charge < -0.3 is 16.2 Å². The summed E-state index contributed by atoms with van der Waals surface area (Å²) in [7, 11) is 0. The maximum absolute atomic E-state index is 12.2. The third-order valence-electron chi connectivity index (χ3n) is 4.74. The van der Waals surface area contributed by atoms with E-state index >= 15 is 0 Å². The van der Waals surface area contributed by atoms with Crippen LogP contribution in [-0.4, -0.2) is 23.1 Å². The molecule has 1 aromatic rings. The second-order valence-electron chi connectivity index (χ2n) is 6.93. The molecular formula is C16H24N2O2. The number of hydrogen-bond donors (Lipinski definition) is 3. The molecule has 110 valence electrons. The average molecular weight is 276 g/mol. The summed E-state index contributed by atoms with van der Waals surface area (Å²) < 4.78 is 0. The molecule has 0 radical (unpaired) electrons. The van der Waals surface area contributed by atoms with E-state index in [2.05, 4.69) is 33.0 Å². The minimum absolute atomic E-state index is 0.0448. The fourth-order valence-electron chi connectivity index (χ4n) is 3.60. The molecule has 20 heavy (non-hydrogen) atoms. The van der Waals surface area contributed by atoms with Crippen LogP contribution in [0, 0.1) is 10.8 Å². The molecule has 0 aliphatic heterocycles.